The van der Waals surface area contributed by atoms with Gasteiger partial charge in [-0.1, -0.05) is 13.3 Å². The summed E-state index contributed by atoms with van der Waals surface area (Å²) in [6.07, 6.45) is 6.22. The summed E-state index contributed by atoms with van der Waals surface area (Å²) in [6.45, 7) is 22.7. The summed E-state index contributed by atoms with van der Waals surface area (Å²) in [4.78, 5) is 35.2. The number of unbranched alkanes of at least 4 members (excludes halogenated alkanes) is 1. The van der Waals surface area contributed by atoms with Gasteiger partial charge in [-0.05, 0) is 112 Å². The van der Waals surface area contributed by atoms with Gasteiger partial charge >= 0.3 is 5.97 Å². The van der Waals surface area contributed by atoms with Crippen LogP contribution in [0, 0.1) is 38.9 Å². The number of ether oxygens (including phenoxy) is 1. The number of nitriles is 2. The van der Waals surface area contributed by atoms with Crippen LogP contribution in [-0.2, 0) is 23.2 Å². The Labute approximate surface area is 270 Å². The fraction of sp³-hybridized carbons (Fsp3) is 0.848. The van der Waals surface area contributed by atoms with Crippen molar-refractivity contribution in [2.45, 2.75) is 145 Å². The van der Waals surface area contributed by atoms with Crippen molar-refractivity contribution in [2.24, 2.45) is 16.2 Å². The molecule has 0 saturated heterocycles. The Morgan fingerprint density at radius 1 is 0.795 bits per heavy atom. The molecule has 2 N–H and O–H groups in total. The van der Waals surface area contributed by atoms with Crippen molar-refractivity contribution in [3.05, 3.63) is 0 Å². The van der Waals surface area contributed by atoms with Crippen LogP contribution < -0.4 is 5.32 Å². The van der Waals surface area contributed by atoms with Gasteiger partial charge in [0.15, 0.2) is 16.6 Å². The normalized spacial score (nSPS) is 12.3. The Morgan fingerprint density at radius 3 is 1.77 bits per heavy atom. The Hall–Kier alpha value is -2.06. The van der Waals surface area contributed by atoms with E-state index < -0.39 is 32.9 Å². The third kappa shape index (κ3) is 23.3. The third-order valence-electron chi connectivity index (χ3n) is 7.69. The molecule has 0 aliphatic rings. The average molecular weight is 654 g/mol. The molecule has 0 aromatic rings. The summed E-state index contributed by atoms with van der Waals surface area (Å²) in [5.74, 6) is 0.0276. The molecule has 1 amide bonds. The minimum absolute atomic E-state index is 0.0131. The predicted octanol–water partition coefficient (Wildman–Crippen LogP) is 7.28. The van der Waals surface area contributed by atoms with E-state index in [1.54, 1.807) is 0 Å². The fourth-order valence-corrected chi connectivity index (χ4v) is 13.1. The van der Waals surface area contributed by atoms with Crippen molar-refractivity contribution in [3.63, 3.8) is 0 Å². The molecule has 11 heteroatoms. The standard InChI is InChI=1S/C25H47N3O3Si2.C8H16O3/c1-24(2,20-26)15-13-22(29)12-9-10-18-32(5,6)31-33(7,8)19-11-17-28-23(30)14-16-25(3,4)21-27;1-4-8(2,3)7(10)11-6-5-9/h9-19H2,1-8H3,(H,28,30);9H,4-6H2,1-3H3. The van der Waals surface area contributed by atoms with E-state index in [0.717, 1.165) is 37.8 Å². The summed E-state index contributed by atoms with van der Waals surface area (Å²) in [6, 6.07) is 6.53. The third-order valence-corrected chi connectivity index (χ3v) is 15.2. The lowest BCUT2D eigenvalue weighted by Crippen LogP contribution is -2.44. The number of hydrogen-bond donors (Lipinski definition) is 2. The summed E-state index contributed by atoms with van der Waals surface area (Å²) < 4.78 is 11.4. The van der Waals surface area contributed by atoms with Crippen molar-refractivity contribution in [1.82, 2.24) is 5.32 Å². The number of rotatable bonds is 21. The van der Waals surface area contributed by atoms with Crippen LogP contribution in [0.1, 0.15) is 106 Å². The van der Waals surface area contributed by atoms with Crippen molar-refractivity contribution < 1.29 is 28.3 Å². The second-order valence-corrected chi connectivity index (χ2v) is 23.8. The number of carbonyl (C=O) groups is 3. The first-order chi connectivity index (χ1) is 20.1. The van der Waals surface area contributed by atoms with Crippen LogP contribution in [0.25, 0.3) is 0 Å². The van der Waals surface area contributed by atoms with Gasteiger partial charge in [-0.3, -0.25) is 14.4 Å². The first kappa shape index (κ1) is 44.1. The van der Waals surface area contributed by atoms with E-state index in [1.807, 2.05) is 48.5 Å². The summed E-state index contributed by atoms with van der Waals surface area (Å²) in [5, 5.41) is 29.4. The van der Waals surface area contributed by atoms with Crippen LogP contribution in [0.4, 0.5) is 0 Å². The van der Waals surface area contributed by atoms with Gasteiger partial charge in [-0.15, -0.1) is 0 Å². The van der Waals surface area contributed by atoms with Gasteiger partial charge in [0.25, 0.3) is 0 Å². The molecule has 44 heavy (non-hydrogen) atoms. The average Bonchev–Trinajstić information content (AvgIpc) is 2.94. The molecule has 9 nitrogen and oxygen atoms in total. The molecule has 0 aromatic carbocycles. The smallest absolute Gasteiger partial charge is 0.311 e. The second-order valence-electron chi connectivity index (χ2n) is 14.9. The highest BCUT2D eigenvalue weighted by Crippen LogP contribution is 2.26. The van der Waals surface area contributed by atoms with E-state index in [4.69, 9.17) is 24.5 Å². The van der Waals surface area contributed by atoms with Gasteiger partial charge in [0, 0.05) is 25.8 Å². The maximum Gasteiger partial charge on any atom is 0.311 e. The van der Waals surface area contributed by atoms with Gasteiger partial charge in [0.2, 0.25) is 5.91 Å². The molecular weight excluding hydrogens is 591 g/mol. The summed E-state index contributed by atoms with van der Waals surface area (Å²) in [7, 11) is -3.61. The Kier molecular flexibility index (Phi) is 20.9. The number of carbonyl (C=O) groups excluding carboxylic acids is 3. The van der Waals surface area contributed by atoms with Crippen molar-refractivity contribution in [3.8, 4) is 12.1 Å². The number of Topliss-reactive ketones (excluding diaryl/α,β-unsaturated/α-hetero) is 1. The zero-order chi connectivity index (χ0) is 34.7. The Morgan fingerprint density at radius 2 is 1.30 bits per heavy atom. The highest BCUT2D eigenvalue weighted by Gasteiger charge is 2.32. The van der Waals surface area contributed by atoms with Crippen LogP contribution in [0.5, 0.6) is 0 Å². The summed E-state index contributed by atoms with van der Waals surface area (Å²) >= 11 is 0. The SMILES string of the molecule is CC(C)(C#N)CCC(=O)CCCC[Si](C)(C)O[Si](C)(C)CCCNC(=O)CCC(C)(C)C#N.CCC(C)(C)C(=O)OCCO. The van der Waals surface area contributed by atoms with E-state index in [2.05, 4.69) is 43.6 Å². The molecule has 0 heterocycles. The molecule has 0 unspecified atom stereocenters. The monoisotopic (exact) mass is 653 g/mol. The van der Waals surface area contributed by atoms with Crippen molar-refractivity contribution >= 4 is 34.3 Å². The van der Waals surface area contributed by atoms with Gasteiger partial charge in [0.05, 0.1) is 35.0 Å². The van der Waals surface area contributed by atoms with Crippen LogP contribution in [-0.4, -0.2) is 59.2 Å². The number of amides is 1. The number of ketones is 1. The zero-order valence-corrected chi connectivity index (χ0v) is 31.8. The molecule has 0 aliphatic carbocycles. The molecular formula is C33H63N3O6Si2. The highest BCUT2D eigenvalue weighted by molar-refractivity contribution is 6.84. The molecule has 0 fully saturated rings. The first-order valence-corrected chi connectivity index (χ1v) is 22.4. The van der Waals surface area contributed by atoms with Gasteiger partial charge < -0.3 is 19.3 Å². The first-order valence-electron chi connectivity index (χ1n) is 16.2. The molecule has 0 bridgehead atoms. The fourth-order valence-electron chi connectivity index (χ4n) is 4.15. The molecule has 0 rings (SSSR count). The molecule has 0 saturated carbocycles. The number of aliphatic hydroxyl groups is 1. The van der Waals surface area contributed by atoms with E-state index in [-0.39, 0.29) is 30.9 Å². The Bertz CT molecular complexity index is 906. The lowest BCUT2D eigenvalue weighted by Gasteiger charge is -2.34. The quantitative estimate of drug-likeness (QED) is 0.0746. The topological polar surface area (TPSA) is 150 Å². The van der Waals surface area contributed by atoms with Crippen LogP contribution in [0.3, 0.4) is 0 Å². The molecule has 254 valence electrons. The van der Waals surface area contributed by atoms with Crippen molar-refractivity contribution in [2.75, 3.05) is 19.8 Å². The minimum Gasteiger partial charge on any atom is -0.463 e. The molecule has 0 radical (unpaired) electrons. The lowest BCUT2D eigenvalue weighted by molar-refractivity contribution is -0.155. The summed E-state index contributed by atoms with van der Waals surface area (Å²) in [5.41, 5.74) is -1.31. The van der Waals surface area contributed by atoms with Gasteiger partial charge in [-0.25, -0.2) is 0 Å². The minimum atomic E-state index is -1.82. The predicted molar refractivity (Wildman–Crippen MR) is 182 cm³/mol. The molecule has 0 aromatic heterocycles. The van der Waals surface area contributed by atoms with Gasteiger partial charge in [0.1, 0.15) is 12.4 Å². The maximum absolute atomic E-state index is 12.1. The lowest BCUT2D eigenvalue weighted by atomic mass is 9.88. The number of hydrogen-bond acceptors (Lipinski definition) is 8. The molecule has 0 aliphatic heterocycles. The largest absolute Gasteiger partial charge is 0.463 e. The van der Waals surface area contributed by atoms with Gasteiger partial charge in [-0.2, -0.15) is 10.5 Å². The van der Waals surface area contributed by atoms with Crippen LogP contribution >= 0.6 is 0 Å². The van der Waals surface area contributed by atoms with E-state index >= 15 is 0 Å². The van der Waals surface area contributed by atoms with Crippen LogP contribution in [0.15, 0.2) is 0 Å². The number of esters is 1. The highest BCUT2D eigenvalue weighted by atomic mass is 28.4. The second kappa shape index (κ2) is 20.9. The maximum atomic E-state index is 12.1. The zero-order valence-electron chi connectivity index (χ0n) is 29.8. The molecule has 0 atom stereocenters. The number of aliphatic hydroxyl groups excluding tert-OH is 1. The van der Waals surface area contributed by atoms with Crippen molar-refractivity contribution in [1.29, 1.82) is 10.5 Å². The number of nitrogens with one attached hydrogen (secondary N) is 1. The Balaban J connectivity index is 0. The van der Waals surface area contributed by atoms with E-state index in [9.17, 15) is 14.4 Å². The van der Waals surface area contributed by atoms with Crippen LogP contribution in [0.2, 0.25) is 38.3 Å². The number of nitrogens with zero attached hydrogens (tertiary/aromatic N) is 2. The van der Waals surface area contributed by atoms with E-state index in [1.165, 1.54) is 0 Å². The van der Waals surface area contributed by atoms with E-state index in [0.29, 0.717) is 38.6 Å². The molecule has 0 spiro atoms.